The molecule has 0 saturated carbocycles. The summed E-state index contributed by atoms with van der Waals surface area (Å²) in [7, 11) is 0. The maximum atomic E-state index is 12.7. The molecule has 0 rings (SSSR count). The average molecular weight is 180 g/mol. The fraction of sp³-hybridized carbons (Fsp3) is 0.857. The number of aliphatic hydroxyl groups excluding tert-OH is 1. The molecule has 72 valence electrons. The summed E-state index contributed by atoms with van der Waals surface area (Å²) in [6.07, 6.45) is -3.85. The highest BCUT2D eigenvalue weighted by Crippen LogP contribution is 2.03. The topological polar surface area (TPSA) is 55.8 Å². The quantitative estimate of drug-likeness (QED) is 0.486. The third-order valence-electron chi connectivity index (χ3n) is 1.10. The van der Waals surface area contributed by atoms with Crippen LogP contribution in [0.4, 0.5) is 4.39 Å². The molecule has 0 aliphatic carbocycles. The molecule has 0 aromatic heterocycles. The predicted octanol–water partition coefficient (Wildman–Crippen LogP) is 0.243. The Labute approximate surface area is 70.3 Å². The van der Waals surface area contributed by atoms with E-state index in [0.717, 1.165) is 0 Å². The molecule has 0 aliphatic heterocycles. The van der Waals surface area contributed by atoms with Crippen LogP contribution in [0.15, 0.2) is 0 Å². The number of carbonyl (C=O) groups is 1. The first-order valence-electron chi connectivity index (χ1n) is 3.73. The Kier molecular flexibility index (Phi) is 5.57. The molecule has 1 N–H and O–H groups in total. The number of hydrogen-bond donors (Lipinski definition) is 1. The van der Waals surface area contributed by atoms with Crippen molar-refractivity contribution in [3.8, 4) is 0 Å². The van der Waals surface area contributed by atoms with Gasteiger partial charge in [0.2, 0.25) is 6.17 Å². The van der Waals surface area contributed by atoms with Crippen molar-refractivity contribution in [1.29, 1.82) is 0 Å². The van der Waals surface area contributed by atoms with Gasteiger partial charge in [0.05, 0.1) is 6.61 Å². The third kappa shape index (κ3) is 3.64. The number of rotatable bonds is 5. The van der Waals surface area contributed by atoms with Crippen LogP contribution in [-0.4, -0.2) is 36.8 Å². The second-order valence-electron chi connectivity index (χ2n) is 2.00. The minimum absolute atomic E-state index is 0.0814. The smallest absolute Gasteiger partial charge is 0.346 e. The van der Waals surface area contributed by atoms with Gasteiger partial charge in [0.1, 0.15) is 0 Å². The van der Waals surface area contributed by atoms with E-state index in [-0.39, 0.29) is 13.2 Å². The number of alkyl halides is 1. The lowest BCUT2D eigenvalue weighted by atomic mass is 10.4. The van der Waals surface area contributed by atoms with Gasteiger partial charge in [-0.2, -0.15) is 0 Å². The molecule has 0 spiro atoms. The Bertz CT molecular complexity index is 139. The maximum Gasteiger partial charge on any atom is 0.346 e. The number of carbonyl (C=O) groups excluding carboxylic acids is 1. The molecule has 0 aliphatic rings. The summed E-state index contributed by atoms with van der Waals surface area (Å²) in [5, 5.41) is 8.82. The predicted molar refractivity (Wildman–Crippen MR) is 39.2 cm³/mol. The first-order valence-corrected chi connectivity index (χ1v) is 3.73. The summed E-state index contributed by atoms with van der Waals surface area (Å²) in [5.41, 5.74) is 0. The summed E-state index contributed by atoms with van der Waals surface area (Å²) in [6, 6.07) is 0. The van der Waals surface area contributed by atoms with E-state index < -0.39 is 18.4 Å². The van der Waals surface area contributed by atoms with Gasteiger partial charge in [0, 0.05) is 6.61 Å². The van der Waals surface area contributed by atoms with E-state index in [9.17, 15) is 9.18 Å². The minimum atomic E-state index is -2.12. The molecule has 12 heavy (non-hydrogen) atoms. The van der Waals surface area contributed by atoms with Crippen LogP contribution in [-0.2, 0) is 14.3 Å². The van der Waals surface area contributed by atoms with E-state index in [1.807, 2.05) is 0 Å². The van der Waals surface area contributed by atoms with Gasteiger partial charge in [-0.15, -0.1) is 0 Å². The molecule has 0 radical (unpaired) electrons. The Morgan fingerprint density at radius 2 is 2.08 bits per heavy atom. The molecule has 0 aromatic rings. The van der Waals surface area contributed by atoms with Crippen molar-refractivity contribution in [2.24, 2.45) is 0 Å². The van der Waals surface area contributed by atoms with Crippen molar-refractivity contribution < 1.29 is 23.8 Å². The Morgan fingerprint density at radius 3 is 2.50 bits per heavy atom. The van der Waals surface area contributed by atoms with Gasteiger partial charge in [0.15, 0.2) is 6.29 Å². The van der Waals surface area contributed by atoms with Gasteiger partial charge in [-0.25, -0.2) is 9.18 Å². The largest absolute Gasteiger partial charge is 0.464 e. The zero-order valence-corrected chi connectivity index (χ0v) is 7.12. The number of ether oxygens (including phenoxy) is 2. The summed E-state index contributed by atoms with van der Waals surface area (Å²) >= 11 is 0. The van der Waals surface area contributed by atoms with Crippen LogP contribution < -0.4 is 0 Å². The third-order valence-corrected chi connectivity index (χ3v) is 1.10. The normalized spacial score (nSPS) is 15.3. The standard InChI is InChI=1S/C7H13FO4/c1-3-11-6(9)5(8)7(10)12-4-2/h5-6,9H,3-4H2,1-2H3. The molecule has 0 fully saturated rings. The van der Waals surface area contributed by atoms with Crippen LogP contribution in [0.25, 0.3) is 0 Å². The number of halogens is 1. The molecule has 0 bridgehead atoms. The van der Waals surface area contributed by atoms with Crippen molar-refractivity contribution in [1.82, 2.24) is 0 Å². The summed E-state index contributed by atoms with van der Waals surface area (Å²) in [5.74, 6) is -1.10. The first-order chi connectivity index (χ1) is 5.63. The Balaban J connectivity index is 3.82. The first kappa shape index (κ1) is 11.3. The highest BCUT2D eigenvalue weighted by Gasteiger charge is 2.27. The summed E-state index contributed by atoms with van der Waals surface area (Å²) < 4.78 is 21.5. The molecule has 0 heterocycles. The van der Waals surface area contributed by atoms with E-state index in [0.29, 0.717) is 0 Å². The van der Waals surface area contributed by atoms with Gasteiger partial charge in [0.25, 0.3) is 0 Å². The van der Waals surface area contributed by atoms with Gasteiger partial charge in [-0.05, 0) is 13.8 Å². The lowest BCUT2D eigenvalue weighted by Gasteiger charge is -2.13. The van der Waals surface area contributed by atoms with E-state index in [1.54, 1.807) is 13.8 Å². The molecule has 0 aromatic carbocycles. The molecular formula is C7H13FO4. The minimum Gasteiger partial charge on any atom is -0.464 e. The fourth-order valence-corrected chi connectivity index (χ4v) is 0.594. The lowest BCUT2D eigenvalue weighted by Crippen LogP contribution is -2.33. The molecule has 5 heteroatoms. The van der Waals surface area contributed by atoms with E-state index in [1.165, 1.54) is 0 Å². The second kappa shape index (κ2) is 5.91. The SMILES string of the molecule is CCOC(=O)C(F)C(O)OCC. The van der Waals surface area contributed by atoms with Crippen molar-refractivity contribution in [2.45, 2.75) is 26.3 Å². The average Bonchev–Trinajstić information content (AvgIpc) is 2.04. The Morgan fingerprint density at radius 1 is 1.50 bits per heavy atom. The van der Waals surface area contributed by atoms with Crippen LogP contribution >= 0.6 is 0 Å². The van der Waals surface area contributed by atoms with E-state index in [4.69, 9.17) is 5.11 Å². The molecular weight excluding hydrogens is 167 g/mol. The van der Waals surface area contributed by atoms with Gasteiger partial charge >= 0.3 is 5.97 Å². The fourth-order valence-electron chi connectivity index (χ4n) is 0.594. The van der Waals surface area contributed by atoms with Crippen LogP contribution in [0.1, 0.15) is 13.8 Å². The lowest BCUT2D eigenvalue weighted by molar-refractivity contribution is -0.176. The van der Waals surface area contributed by atoms with Crippen molar-refractivity contribution in [3.05, 3.63) is 0 Å². The van der Waals surface area contributed by atoms with Gasteiger partial charge < -0.3 is 14.6 Å². The van der Waals surface area contributed by atoms with Crippen molar-refractivity contribution in [2.75, 3.05) is 13.2 Å². The monoisotopic (exact) mass is 180 g/mol. The van der Waals surface area contributed by atoms with E-state index in [2.05, 4.69) is 9.47 Å². The molecule has 2 unspecified atom stereocenters. The summed E-state index contributed by atoms with van der Waals surface area (Å²) in [4.78, 5) is 10.6. The van der Waals surface area contributed by atoms with Crippen molar-refractivity contribution in [3.63, 3.8) is 0 Å². The maximum absolute atomic E-state index is 12.7. The highest BCUT2D eigenvalue weighted by molar-refractivity contribution is 5.74. The van der Waals surface area contributed by atoms with Crippen LogP contribution in [0.5, 0.6) is 0 Å². The number of aliphatic hydroxyl groups is 1. The molecule has 4 nitrogen and oxygen atoms in total. The number of hydrogen-bond acceptors (Lipinski definition) is 4. The van der Waals surface area contributed by atoms with Gasteiger partial charge in [-0.1, -0.05) is 0 Å². The highest BCUT2D eigenvalue weighted by atomic mass is 19.1. The van der Waals surface area contributed by atoms with Gasteiger partial charge in [-0.3, -0.25) is 0 Å². The van der Waals surface area contributed by atoms with Crippen LogP contribution in [0.2, 0.25) is 0 Å². The van der Waals surface area contributed by atoms with Crippen molar-refractivity contribution >= 4 is 5.97 Å². The molecule has 0 saturated heterocycles. The zero-order chi connectivity index (χ0) is 9.56. The van der Waals surface area contributed by atoms with Crippen LogP contribution in [0.3, 0.4) is 0 Å². The van der Waals surface area contributed by atoms with E-state index >= 15 is 0 Å². The zero-order valence-electron chi connectivity index (χ0n) is 7.12. The number of esters is 1. The second-order valence-corrected chi connectivity index (χ2v) is 2.00. The Hall–Kier alpha value is -0.680. The molecule has 0 amide bonds. The van der Waals surface area contributed by atoms with Crippen LogP contribution in [0, 0.1) is 0 Å². The summed E-state index contributed by atoms with van der Waals surface area (Å²) in [6.45, 7) is 3.36. The molecule has 2 atom stereocenters.